The smallest absolute Gasteiger partial charge is 0.381 e. The summed E-state index contributed by atoms with van der Waals surface area (Å²) < 4.78 is 12.0. The van der Waals surface area contributed by atoms with Gasteiger partial charge < -0.3 is 19.2 Å². The molecule has 0 saturated carbocycles. The Morgan fingerprint density at radius 3 is 3.00 bits per heavy atom. The van der Waals surface area contributed by atoms with E-state index in [4.69, 9.17) is 9.15 Å². The van der Waals surface area contributed by atoms with Gasteiger partial charge in [-0.1, -0.05) is 11.3 Å². The molecule has 0 radical (unpaired) electrons. The maximum atomic E-state index is 12.7. The van der Waals surface area contributed by atoms with E-state index >= 15 is 0 Å². The van der Waals surface area contributed by atoms with Gasteiger partial charge in [0.1, 0.15) is 0 Å². The maximum absolute atomic E-state index is 12.7. The van der Waals surface area contributed by atoms with Gasteiger partial charge in [0, 0.05) is 24.5 Å². The van der Waals surface area contributed by atoms with Gasteiger partial charge in [-0.3, -0.25) is 10.1 Å². The lowest BCUT2D eigenvalue weighted by atomic mass is 10.2. The third kappa shape index (κ3) is 3.66. The normalized spacial score (nSPS) is 16.1. The molecule has 1 saturated heterocycles. The van der Waals surface area contributed by atoms with E-state index in [1.807, 2.05) is 17.9 Å². The van der Waals surface area contributed by atoms with Gasteiger partial charge in [0.15, 0.2) is 5.76 Å². The zero-order valence-electron chi connectivity index (χ0n) is 16.4. The van der Waals surface area contributed by atoms with Crippen LogP contribution >= 0.6 is 11.3 Å². The summed E-state index contributed by atoms with van der Waals surface area (Å²) in [6, 6.07) is 3.12. The van der Waals surface area contributed by atoms with Crippen molar-refractivity contribution in [1.29, 1.82) is 0 Å². The summed E-state index contributed by atoms with van der Waals surface area (Å²) in [5.41, 5.74) is 0.522. The van der Waals surface area contributed by atoms with Gasteiger partial charge in [-0.05, 0) is 25.8 Å². The van der Waals surface area contributed by atoms with Gasteiger partial charge in [0.05, 0.1) is 25.4 Å². The molecular formula is C18H20N6O5S. The first-order valence-electron chi connectivity index (χ1n) is 9.27. The van der Waals surface area contributed by atoms with Crippen LogP contribution in [0.4, 0.5) is 10.8 Å². The highest BCUT2D eigenvalue weighted by atomic mass is 32.1. The molecule has 0 aliphatic carbocycles. The van der Waals surface area contributed by atoms with Crippen LogP contribution in [0.3, 0.4) is 0 Å². The van der Waals surface area contributed by atoms with E-state index in [1.165, 1.54) is 13.2 Å². The number of aromatic nitrogens is 4. The van der Waals surface area contributed by atoms with E-state index < -0.39 is 11.5 Å². The lowest BCUT2D eigenvalue weighted by Crippen LogP contribution is -2.33. The highest BCUT2D eigenvalue weighted by molar-refractivity contribution is 7.17. The molecule has 1 aliphatic heterocycles. The molecule has 30 heavy (non-hydrogen) atoms. The fraction of sp³-hybridized carbons (Fsp3) is 0.389. The molecule has 12 heteroatoms. The van der Waals surface area contributed by atoms with Crippen LogP contribution in [0.2, 0.25) is 0 Å². The first-order valence-corrected chi connectivity index (χ1v) is 10.1. The number of nitrogens with one attached hydrogen (secondary N) is 1. The molecule has 1 amide bonds. The second-order valence-corrected chi connectivity index (χ2v) is 7.67. The molecule has 0 unspecified atom stereocenters. The number of carbonyl (C=O) groups is 1. The summed E-state index contributed by atoms with van der Waals surface area (Å²) in [6.07, 6.45) is 3.28. The second-order valence-electron chi connectivity index (χ2n) is 6.72. The third-order valence-electron chi connectivity index (χ3n) is 4.86. The lowest BCUT2D eigenvalue weighted by molar-refractivity contribution is 0.0991. The number of ether oxygens (including phenoxy) is 1. The molecule has 1 aliphatic rings. The Morgan fingerprint density at radius 2 is 2.30 bits per heavy atom. The van der Waals surface area contributed by atoms with Crippen molar-refractivity contribution in [3.63, 3.8) is 0 Å². The van der Waals surface area contributed by atoms with Crippen molar-refractivity contribution >= 4 is 28.1 Å². The second kappa shape index (κ2) is 8.24. The van der Waals surface area contributed by atoms with Crippen LogP contribution in [0.1, 0.15) is 29.1 Å². The predicted octanol–water partition coefficient (Wildman–Crippen LogP) is 1.21. The number of hydrogen-bond acceptors (Lipinski definition) is 10. The summed E-state index contributed by atoms with van der Waals surface area (Å²) in [4.78, 5) is 27.0. The number of nitrogens with zero attached hydrogens (tertiary/aromatic N) is 5. The molecule has 0 aromatic carbocycles. The van der Waals surface area contributed by atoms with Crippen LogP contribution in [0.25, 0.3) is 5.13 Å². The fourth-order valence-electron chi connectivity index (χ4n) is 3.41. The zero-order chi connectivity index (χ0) is 21.3. The molecule has 0 spiro atoms. The van der Waals surface area contributed by atoms with Crippen molar-refractivity contribution in [3.8, 4) is 10.9 Å². The minimum absolute atomic E-state index is 0.000686. The molecule has 11 nitrogen and oxygen atoms in total. The number of aliphatic hydroxyl groups is 1. The van der Waals surface area contributed by atoms with E-state index in [9.17, 15) is 14.7 Å². The average molecular weight is 432 g/mol. The molecule has 4 heterocycles. The zero-order valence-corrected chi connectivity index (χ0v) is 17.2. The highest BCUT2D eigenvalue weighted by Gasteiger charge is 2.29. The Balaban J connectivity index is 1.61. The molecule has 4 rings (SSSR count). The van der Waals surface area contributed by atoms with Crippen molar-refractivity contribution < 1.29 is 19.1 Å². The van der Waals surface area contributed by atoms with Gasteiger partial charge in [-0.25, -0.2) is 9.48 Å². The molecular weight excluding hydrogens is 412 g/mol. The SMILES string of the molecule is COc1c(N2CCC[C@@H]2CO)cc(C(=O)Nc2nnc(-n3nccc3C)s2)oc1=O. The van der Waals surface area contributed by atoms with Crippen LogP contribution in [0.5, 0.6) is 5.75 Å². The van der Waals surface area contributed by atoms with Crippen molar-refractivity contribution in [3.05, 3.63) is 40.2 Å². The number of aryl methyl sites for hydroxylation is 1. The number of methoxy groups -OCH3 is 1. The largest absolute Gasteiger partial charge is 0.488 e. The standard InChI is InChI=1S/C18H20N6O5S/c1-10-5-6-19-24(10)18-22-21-17(30-18)20-15(26)13-8-12(14(28-2)16(27)29-13)23-7-3-4-11(23)9-25/h5-6,8,11,25H,3-4,7,9H2,1-2H3,(H,20,21,26)/t11-/m1/s1. The quantitative estimate of drug-likeness (QED) is 0.589. The van der Waals surface area contributed by atoms with Gasteiger partial charge in [-0.2, -0.15) is 5.10 Å². The monoisotopic (exact) mass is 432 g/mol. The number of hydrogen-bond donors (Lipinski definition) is 2. The molecule has 1 fully saturated rings. The summed E-state index contributed by atoms with van der Waals surface area (Å²) in [5, 5.41) is 25.1. The number of amides is 1. The maximum Gasteiger partial charge on any atom is 0.381 e. The Morgan fingerprint density at radius 1 is 1.47 bits per heavy atom. The summed E-state index contributed by atoms with van der Waals surface area (Å²) in [5.74, 6) is -0.832. The lowest BCUT2D eigenvalue weighted by Gasteiger charge is -2.26. The van der Waals surface area contributed by atoms with E-state index in [0.29, 0.717) is 17.4 Å². The molecule has 3 aromatic rings. The predicted molar refractivity (Wildman–Crippen MR) is 109 cm³/mol. The Kier molecular flexibility index (Phi) is 5.50. The van der Waals surface area contributed by atoms with E-state index in [0.717, 1.165) is 29.9 Å². The summed E-state index contributed by atoms with van der Waals surface area (Å²) >= 11 is 1.13. The summed E-state index contributed by atoms with van der Waals surface area (Å²) in [6.45, 7) is 2.44. The van der Waals surface area contributed by atoms with Gasteiger partial charge >= 0.3 is 5.63 Å². The van der Waals surface area contributed by atoms with E-state index in [1.54, 1.807) is 10.9 Å². The van der Waals surface area contributed by atoms with Crippen LogP contribution in [-0.4, -0.2) is 57.3 Å². The average Bonchev–Trinajstić information content (AvgIpc) is 3.47. The van der Waals surface area contributed by atoms with E-state index in [-0.39, 0.29) is 29.3 Å². The van der Waals surface area contributed by atoms with Gasteiger partial charge in [-0.15, -0.1) is 10.2 Å². The van der Waals surface area contributed by atoms with Gasteiger partial charge in [0.25, 0.3) is 5.91 Å². The third-order valence-corrected chi connectivity index (χ3v) is 5.68. The summed E-state index contributed by atoms with van der Waals surface area (Å²) in [7, 11) is 1.36. The van der Waals surface area contributed by atoms with Gasteiger partial charge in [0.2, 0.25) is 16.0 Å². The first kappa shape index (κ1) is 20.0. The number of anilines is 2. The molecule has 0 bridgehead atoms. The number of rotatable bonds is 6. The van der Waals surface area contributed by atoms with Crippen LogP contribution < -0.4 is 20.6 Å². The molecule has 3 aromatic heterocycles. The van der Waals surface area contributed by atoms with Crippen molar-refractivity contribution in [2.75, 3.05) is 30.5 Å². The van der Waals surface area contributed by atoms with Crippen molar-refractivity contribution in [2.24, 2.45) is 0 Å². The van der Waals surface area contributed by atoms with Crippen LogP contribution in [-0.2, 0) is 0 Å². The van der Waals surface area contributed by atoms with Crippen LogP contribution in [0.15, 0.2) is 27.5 Å². The molecule has 1 atom stereocenters. The topological polar surface area (TPSA) is 136 Å². The fourth-order valence-corrected chi connectivity index (χ4v) is 4.16. The van der Waals surface area contributed by atoms with Crippen LogP contribution in [0, 0.1) is 6.92 Å². The highest BCUT2D eigenvalue weighted by Crippen LogP contribution is 2.32. The first-order chi connectivity index (χ1) is 14.5. The number of carbonyl (C=O) groups excluding carboxylic acids is 1. The Labute approximate surface area is 174 Å². The minimum Gasteiger partial charge on any atom is -0.488 e. The molecule has 2 N–H and O–H groups in total. The van der Waals surface area contributed by atoms with E-state index in [2.05, 4.69) is 20.6 Å². The van der Waals surface area contributed by atoms with Crippen molar-refractivity contribution in [2.45, 2.75) is 25.8 Å². The minimum atomic E-state index is -0.770. The van der Waals surface area contributed by atoms with Crippen molar-refractivity contribution in [1.82, 2.24) is 20.0 Å². The molecule has 158 valence electrons. The Hall–Kier alpha value is -3.25. The Bertz CT molecular complexity index is 1120. The number of aliphatic hydroxyl groups excluding tert-OH is 1.